The molecule has 130 valence electrons. The van der Waals surface area contributed by atoms with Gasteiger partial charge in [0, 0.05) is 38.0 Å². The van der Waals surface area contributed by atoms with Crippen LogP contribution >= 0.6 is 11.6 Å². The number of halogens is 1. The smallest absolute Gasteiger partial charge is 0.407 e. The molecule has 1 saturated carbocycles. The highest BCUT2D eigenvalue weighted by molar-refractivity contribution is 6.32. The van der Waals surface area contributed by atoms with E-state index in [2.05, 4.69) is 9.97 Å². The second-order valence-electron chi connectivity index (χ2n) is 6.06. The molecule has 2 heterocycles. The normalized spacial score (nSPS) is 21.1. The lowest BCUT2D eigenvalue weighted by molar-refractivity contribution is 0.0842. The van der Waals surface area contributed by atoms with Crippen LogP contribution in [0.1, 0.15) is 37.4 Å². The first-order valence-electron chi connectivity index (χ1n) is 8.07. The average Bonchev–Trinajstić information content (AvgIpc) is 3.01. The van der Waals surface area contributed by atoms with E-state index < -0.39 is 6.09 Å². The maximum atomic E-state index is 11.5. The summed E-state index contributed by atoms with van der Waals surface area (Å²) >= 11 is 6.10. The predicted octanol–water partition coefficient (Wildman–Crippen LogP) is 3.04. The number of methoxy groups -OCH3 is 1. The number of carbonyl (C=O) groups is 1. The van der Waals surface area contributed by atoms with Crippen molar-refractivity contribution in [3.05, 3.63) is 29.6 Å². The number of nitrogens with zero attached hydrogens (tertiary/aromatic N) is 4. The summed E-state index contributed by atoms with van der Waals surface area (Å²) in [5, 5.41) is 9.85. The van der Waals surface area contributed by atoms with Gasteiger partial charge in [-0.3, -0.25) is 4.40 Å². The first-order chi connectivity index (χ1) is 11.6. The molecule has 2 aromatic heterocycles. The third-order valence-corrected chi connectivity index (χ3v) is 5.02. The molecule has 8 heteroatoms. The van der Waals surface area contributed by atoms with E-state index in [1.807, 2.05) is 10.6 Å². The molecule has 0 aliphatic heterocycles. The van der Waals surface area contributed by atoms with Gasteiger partial charge in [-0.05, 0) is 25.7 Å². The number of aromatic nitrogens is 3. The van der Waals surface area contributed by atoms with E-state index in [9.17, 15) is 9.90 Å². The zero-order valence-electron chi connectivity index (χ0n) is 13.6. The topological polar surface area (TPSA) is 80.0 Å². The lowest BCUT2D eigenvalue weighted by Crippen LogP contribution is -2.43. The lowest BCUT2D eigenvalue weighted by Gasteiger charge is -2.34. The minimum Gasteiger partial charge on any atom is -0.465 e. The Kier molecular flexibility index (Phi) is 5.20. The Morgan fingerprint density at radius 1 is 1.42 bits per heavy atom. The molecule has 0 bridgehead atoms. The minimum absolute atomic E-state index is 0.0466. The van der Waals surface area contributed by atoms with Crippen LogP contribution in [-0.4, -0.2) is 56.8 Å². The highest BCUT2D eigenvalue weighted by atomic mass is 35.5. The molecule has 24 heavy (non-hydrogen) atoms. The Hall–Kier alpha value is -1.86. The number of rotatable bonds is 5. The van der Waals surface area contributed by atoms with Crippen LogP contribution in [0.5, 0.6) is 0 Å². The fourth-order valence-corrected chi connectivity index (χ4v) is 3.68. The summed E-state index contributed by atoms with van der Waals surface area (Å²) in [4.78, 5) is 21.6. The average molecular weight is 353 g/mol. The van der Waals surface area contributed by atoms with Crippen molar-refractivity contribution in [1.29, 1.82) is 0 Å². The fraction of sp³-hybridized carbons (Fsp3) is 0.562. The Bertz CT molecular complexity index is 712. The third kappa shape index (κ3) is 3.32. The van der Waals surface area contributed by atoms with Gasteiger partial charge in [0.15, 0.2) is 5.15 Å². The van der Waals surface area contributed by atoms with Crippen LogP contribution in [0.15, 0.2) is 18.6 Å². The van der Waals surface area contributed by atoms with Gasteiger partial charge in [0.2, 0.25) is 0 Å². The van der Waals surface area contributed by atoms with E-state index in [1.54, 1.807) is 19.5 Å². The van der Waals surface area contributed by atoms with E-state index >= 15 is 0 Å². The highest BCUT2D eigenvalue weighted by Gasteiger charge is 2.30. The molecule has 0 spiro atoms. The van der Waals surface area contributed by atoms with Gasteiger partial charge in [0.1, 0.15) is 11.3 Å². The van der Waals surface area contributed by atoms with Crippen molar-refractivity contribution in [2.75, 3.05) is 20.3 Å². The van der Waals surface area contributed by atoms with Crippen molar-refractivity contribution >= 4 is 23.2 Å². The predicted molar refractivity (Wildman–Crippen MR) is 89.6 cm³/mol. The zero-order valence-corrected chi connectivity index (χ0v) is 14.3. The number of carboxylic acid groups (broad SMARTS) is 1. The highest BCUT2D eigenvalue weighted by Crippen LogP contribution is 2.35. The van der Waals surface area contributed by atoms with Crippen molar-refractivity contribution in [1.82, 2.24) is 19.3 Å². The van der Waals surface area contributed by atoms with E-state index in [1.165, 1.54) is 4.90 Å². The van der Waals surface area contributed by atoms with E-state index in [4.69, 9.17) is 16.3 Å². The number of fused-ring (bicyclic) bond motifs is 1. The first kappa shape index (κ1) is 17.0. The molecular weight excluding hydrogens is 332 g/mol. The summed E-state index contributed by atoms with van der Waals surface area (Å²) in [6.07, 6.45) is 7.88. The van der Waals surface area contributed by atoms with Crippen LogP contribution in [-0.2, 0) is 4.74 Å². The van der Waals surface area contributed by atoms with Gasteiger partial charge in [-0.2, -0.15) is 0 Å². The molecule has 2 aromatic rings. The van der Waals surface area contributed by atoms with Crippen molar-refractivity contribution in [3.8, 4) is 0 Å². The molecular formula is C16H21ClN4O3. The number of ether oxygens (including phenoxy) is 1. The molecule has 1 fully saturated rings. The van der Waals surface area contributed by atoms with Crippen LogP contribution < -0.4 is 0 Å². The molecule has 0 saturated heterocycles. The second kappa shape index (κ2) is 7.36. The van der Waals surface area contributed by atoms with Crippen molar-refractivity contribution in [2.24, 2.45) is 0 Å². The maximum absolute atomic E-state index is 11.5. The van der Waals surface area contributed by atoms with Gasteiger partial charge >= 0.3 is 6.09 Å². The molecule has 1 amide bonds. The molecule has 0 aromatic carbocycles. The van der Waals surface area contributed by atoms with Crippen LogP contribution in [0.25, 0.3) is 5.52 Å². The zero-order chi connectivity index (χ0) is 17.1. The van der Waals surface area contributed by atoms with Crippen LogP contribution in [0.4, 0.5) is 4.79 Å². The fourth-order valence-electron chi connectivity index (χ4n) is 3.49. The standard InChI is InChI=1S/C16H21ClN4O3/c1-24-9-8-20(16(22)23)12-4-2-11(3-5-12)15-19-10-13-14(17)18-6-7-21(13)15/h6-7,10-12H,2-5,8-9H2,1H3,(H,22,23). The Morgan fingerprint density at radius 2 is 2.17 bits per heavy atom. The maximum Gasteiger partial charge on any atom is 0.407 e. The largest absolute Gasteiger partial charge is 0.465 e. The Balaban J connectivity index is 1.70. The second-order valence-corrected chi connectivity index (χ2v) is 6.42. The van der Waals surface area contributed by atoms with Crippen LogP contribution in [0.3, 0.4) is 0 Å². The summed E-state index contributed by atoms with van der Waals surface area (Å²) in [6, 6.07) is 0.0466. The monoisotopic (exact) mass is 352 g/mol. The van der Waals surface area contributed by atoms with E-state index in [0.29, 0.717) is 24.2 Å². The number of hydrogen-bond acceptors (Lipinski definition) is 4. The molecule has 0 unspecified atom stereocenters. The Morgan fingerprint density at radius 3 is 2.83 bits per heavy atom. The van der Waals surface area contributed by atoms with Crippen molar-refractivity contribution < 1.29 is 14.6 Å². The minimum atomic E-state index is -0.875. The van der Waals surface area contributed by atoms with Crippen LogP contribution in [0, 0.1) is 0 Å². The first-order valence-corrected chi connectivity index (χ1v) is 8.45. The van der Waals surface area contributed by atoms with Crippen LogP contribution in [0.2, 0.25) is 5.15 Å². The molecule has 0 radical (unpaired) electrons. The number of imidazole rings is 1. The quantitative estimate of drug-likeness (QED) is 0.894. The molecule has 1 aliphatic rings. The summed E-state index contributed by atoms with van der Waals surface area (Å²) in [5.41, 5.74) is 0.809. The molecule has 7 nitrogen and oxygen atoms in total. The van der Waals surface area contributed by atoms with E-state index in [0.717, 1.165) is 37.0 Å². The summed E-state index contributed by atoms with van der Waals surface area (Å²) in [6.45, 7) is 0.831. The third-order valence-electron chi connectivity index (χ3n) is 4.73. The van der Waals surface area contributed by atoms with Gasteiger partial charge in [-0.1, -0.05) is 11.6 Å². The number of hydrogen-bond donors (Lipinski definition) is 1. The lowest BCUT2D eigenvalue weighted by atomic mass is 9.85. The molecule has 0 atom stereocenters. The van der Waals surface area contributed by atoms with Gasteiger partial charge in [-0.15, -0.1) is 0 Å². The van der Waals surface area contributed by atoms with Crippen molar-refractivity contribution in [3.63, 3.8) is 0 Å². The van der Waals surface area contributed by atoms with E-state index in [-0.39, 0.29) is 6.04 Å². The molecule has 3 rings (SSSR count). The summed E-state index contributed by atoms with van der Waals surface area (Å²) < 4.78 is 7.00. The van der Waals surface area contributed by atoms with Gasteiger partial charge in [0.25, 0.3) is 0 Å². The van der Waals surface area contributed by atoms with Gasteiger partial charge < -0.3 is 14.7 Å². The Labute approximate surface area is 145 Å². The van der Waals surface area contributed by atoms with Gasteiger partial charge in [0.05, 0.1) is 12.8 Å². The van der Waals surface area contributed by atoms with Gasteiger partial charge in [-0.25, -0.2) is 14.8 Å². The summed E-state index contributed by atoms with van der Waals surface area (Å²) in [7, 11) is 1.58. The van der Waals surface area contributed by atoms with Crippen molar-refractivity contribution in [2.45, 2.75) is 37.6 Å². The molecule has 1 aliphatic carbocycles. The molecule has 1 N–H and O–H groups in total. The summed E-state index contributed by atoms with van der Waals surface area (Å²) in [5.74, 6) is 1.28. The SMILES string of the molecule is COCCN(C(=O)O)C1CCC(c2ncc3c(Cl)nccn23)CC1. The number of amides is 1.